The first-order valence-electron chi connectivity index (χ1n) is 6.89. The van der Waals surface area contributed by atoms with Crippen molar-refractivity contribution >= 4 is 29.4 Å². The van der Waals surface area contributed by atoms with Crippen molar-refractivity contribution in [2.75, 3.05) is 18.2 Å². The molecule has 0 spiro atoms. The fraction of sp³-hybridized carbons (Fsp3) is 0.786. The number of thioether (sulfide) groups is 1. The summed E-state index contributed by atoms with van der Waals surface area (Å²) in [5, 5.41) is 0. The molecule has 5 nitrogen and oxygen atoms in total. The first-order valence-corrected chi connectivity index (χ1v) is 8.04. The average Bonchev–Trinajstić information content (AvgIpc) is 3.10. The predicted octanol–water partition coefficient (Wildman–Crippen LogP) is 1.46. The second-order valence-electron chi connectivity index (χ2n) is 6.38. The number of ether oxygens (including phenoxy) is 1. The number of hydrogen-bond donors (Lipinski definition) is 0. The third kappa shape index (κ3) is 3.53. The maximum atomic E-state index is 12.1. The zero-order valence-corrected chi connectivity index (χ0v) is 13.0. The Morgan fingerprint density at radius 3 is 2.45 bits per heavy atom. The smallest absolute Gasteiger partial charge is 0.330 e. The fourth-order valence-electron chi connectivity index (χ4n) is 1.87. The molecule has 1 saturated carbocycles. The summed E-state index contributed by atoms with van der Waals surface area (Å²) in [6, 6.07) is -0.527. The maximum absolute atomic E-state index is 12.1. The maximum Gasteiger partial charge on any atom is 0.330 e. The Hall–Kier alpha value is -1.04. The third-order valence-electron chi connectivity index (χ3n) is 3.55. The van der Waals surface area contributed by atoms with Gasteiger partial charge in [0.25, 0.3) is 0 Å². The van der Waals surface area contributed by atoms with E-state index in [0.717, 1.165) is 12.8 Å². The lowest BCUT2D eigenvalue weighted by atomic mass is 9.91. The van der Waals surface area contributed by atoms with Crippen LogP contribution in [0, 0.1) is 11.3 Å². The number of carbonyl (C=O) groups is 3. The lowest BCUT2D eigenvalue weighted by Gasteiger charge is -2.23. The van der Waals surface area contributed by atoms with Crippen LogP contribution in [-0.4, -0.2) is 46.8 Å². The van der Waals surface area contributed by atoms with Crippen LogP contribution in [0.25, 0.3) is 0 Å². The van der Waals surface area contributed by atoms with Crippen LogP contribution in [0.2, 0.25) is 0 Å². The van der Waals surface area contributed by atoms with Gasteiger partial charge in [-0.25, -0.2) is 4.79 Å². The van der Waals surface area contributed by atoms with Crippen LogP contribution >= 0.6 is 11.8 Å². The van der Waals surface area contributed by atoms with Gasteiger partial charge in [0.2, 0.25) is 5.91 Å². The highest BCUT2D eigenvalue weighted by Gasteiger charge is 2.42. The standard InChI is InChI=1S/C14H21NO4S/c1-14(2,3)11(16)6-19-13(18)10-7-20-8-15(10)12(17)9-4-5-9/h9-10H,4-8H2,1-3H3/t10-/m0/s1. The van der Waals surface area contributed by atoms with E-state index < -0.39 is 17.4 Å². The van der Waals surface area contributed by atoms with E-state index in [2.05, 4.69) is 0 Å². The molecule has 1 aliphatic carbocycles. The summed E-state index contributed by atoms with van der Waals surface area (Å²) in [5.41, 5.74) is -0.520. The van der Waals surface area contributed by atoms with Crippen LogP contribution < -0.4 is 0 Å². The highest BCUT2D eigenvalue weighted by atomic mass is 32.2. The van der Waals surface area contributed by atoms with Crippen molar-refractivity contribution < 1.29 is 19.1 Å². The molecule has 20 heavy (non-hydrogen) atoms. The summed E-state index contributed by atoms with van der Waals surface area (Å²) in [5.74, 6) is 0.682. The number of carbonyl (C=O) groups excluding carboxylic acids is 3. The number of Topliss-reactive ketones (excluding diaryl/α,β-unsaturated/α-hetero) is 1. The molecule has 2 aliphatic rings. The molecule has 1 atom stereocenters. The van der Waals surface area contributed by atoms with Crippen molar-refractivity contribution in [2.24, 2.45) is 11.3 Å². The first kappa shape index (κ1) is 15.4. The van der Waals surface area contributed by atoms with Gasteiger partial charge in [-0.2, -0.15) is 0 Å². The molecule has 0 radical (unpaired) electrons. The first-order chi connectivity index (χ1) is 9.30. The Morgan fingerprint density at radius 1 is 1.25 bits per heavy atom. The number of esters is 1. The molecule has 0 unspecified atom stereocenters. The predicted molar refractivity (Wildman–Crippen MR) is 76.1 cm³/mol. The van der Waals surface area contributed by atoms with Crippen molar-refractivity contribution in [3.63, 3.8) is 0 Å². The average molecular weight is 299 g/mol. The van der Waals surface area contributed by atoms with Gasteiger partial charge in [-0.15, -0.1) is 11.8 Å². The van der Waals surface area contributed by atoms with E-state index >= 15 is 0 Å². The number of rotatable bonds is 4. The largest absolute Gasteiger partial charge is 0.456 e. The van der Waals surface area contributed by atoms with E-state index in [9.17, 15) is 14.4 Å². The van der Waals surface area contributed by atoms with Crippen molar-refractivity contribution in [1.82, 2.24) is 4.90 Å². The number of hydrogen-bond acceptors (Lipinski definition) is 5. The summed E-state index contributed by atoms with van der Waals surface area (Å²) >= 11 is 1.55. The van der Waals surface area contributed by atoms with Crippen molar-refractivity contribution in [3.8, 4) is 0 Å². The quantitative estimate of drug-likeness (QED) is 0.735. The van der Waals surface area contributed by atoms with E-state index in [1.165, 1.54) is 0 Å². The zero-order valence-electron chi connectivity index (χ0n) is 12.2. The molecule has 0 bridgehead atoms. The van der Waals surface area contributed by atoms with Crippen LogP contribution in [0.4, 0.5) is 0 Å². The Morgan fingerprint density at radius 2 is 1.90 bits per heavy atom. The SMILES string of the molecule is CC(C)(C)C(=O)COC(=O)[C@@H]1CSCN1C(=O)C1CC1. The minimum atomic E-state index is -0.527. The van der Waals surface area contributed by atoms with Gasteiger partial charge in [0.05, 0.1) is 5.88 Å². The van der Waals surface area contributed by atoms with Crippen LogP contribution in [0.15, 0.2) is 0 Å². The Kier molecular flexibility index (Phi) is 4.42. The summed E-state index contributed by atoms with van der Waals surface area (Å²) in [6.45, 7) is 5.15. The van der Waals surface area contributed by atoms with Crippen LogP contribution in [0.5, 0.6) is 0 Å². The summed E-state index contributed by atoms with van der Waals surface area (Å²) in [7, 11) is 0. The molecular formula is C14H21NO4S. The van der Waals surface area contributed by atoms with Crippen molar-refractivity contribution in [1.29, 1.82) is 0 Å². The number of amides is 1. The van der Waals surface area contributed by atoms with Crippen LogP contribution in [0.1, 0.15) is 33.6 Å². The second kappa shape index (κ2) is 5.76. The highest BCUT2D eigenvalue weighted by Crippen LogP contribution is 2.34. The van der Waals surface area contributed by atoms with Gasteiger partial charge in [-0.05, 0) is 12.8 Å². The molecule has 112 valence electrons. The molecule has 0 aromatic carbocycles. The van der Waals surface area contributed by atoms with Crippen molar-refractivity contribution in [2.45, 2.75) is 39.7 Å². The molecule has 6 heteroatoms. The van der Waals surface area contributed by atoms with Gasteiger partial charge >= 0.3 is 5.97 Å². The zero-order chi connectivity index (χ0) is 14.9. The third-order valence-corrected chi connectivity index (χ3v) is 4.56. The molecular weight excluding hydrogens is 278 g/mol. The van der Waals surface area contributed by atoms with E-state index in [1.54, 1.807) is 37.4 Å². The molecule has 1 aliphatic heterocycles. The van der Waals surface area contributed by atoms with E-state index in [0.29, 0.717) is 11.6 Å². The lowest BCUT2D eigenvalue weighted by molar-refractivity contribution is -0.156. The van der Waals surface area contributed by atoms with Gasteiger partial charge in [0, 0.05) is 17.1 Å². The minimum Gasteiger partial charge on any atom is -0.456 e. The number of ketones is 1. The van der Waals surface area contributed by atoms with Crippen LogP contribution in [-0.2, 0) is 19.1 Å². The van der Waals surface area contributed by atoms with Crippen LogP contribution in [0.3, 0.4) is 0 Å². The topological polar surface area (TPSA) is 63.7 Å². The van der Waals surface area contributed by atoms with Gasteiger partial charge in [-0.3, -0.25) is 9.59 Å². The van der Waals surface area contributed by atoms with E-state index in [4.69, 9.17) is 4.74 Å². The molecule has 2 fully saturated rings. The summed E-state index contributed by atoms with van der Waals surface area (Å²) < 4.78 is 5.10. The van der Waals surface area contributed by atoms with E-state index in [-0.39, 0.29) is 24.2 Å². The molecule has 0 aromatic heterocycles. The Balaban J connectivity index is 1.88. The molecule has 0 aromatic rings. The molecule has 0 N–H and O–H groups in total. The molecule has 1 amide bonds. The monoisotopic (exact) mass is 299 g/mol. The van der Waals surface area contributed by atoms with Gasteiger partial charge in [0.15, 0.2) is 12.4 Å². The summed E-state index contributed by atoms with van der Waals surface area (Å²) in [6.07, 6.45) is 1.84. The normalized spacial score (nSPS) is 22.8. The second-order valence-corrected chi connectivity index (χ2v) is 7.38. The van der Waals surface area contributed by atoms with Gasteiger partial charge in [-0.1, -0.05) is 20.8 Å². The molecule has 2 rings (SSSR count). The number of nitrogens with zero attached hydrogens (tertiary/aromatic N) is 1. The Labute approximate surface area is 123 Å². The molecule has 1 heterocycles. The van der Waals surface area contributed by atoms with Gasteiger partial charge < -0.3 is 9.64 Å². The fourth-order valence-corrected chi connectivity index (χ4v) is 3.02. The summed E-state index contributed by atoms with van der Waals surface area (Å²) in [4.78, 5) is 37.5. The minimum absolute atomic E-state index is 0.0547. The van der Waals surface area contributed by atoms with E-state index in [1.807, 2.05) is 0 Å². The lowest BCUT2D eigenvalue weighted by Crippen LogP contribution is -2.44. The highest BCUT2D eigenvalue weighted by molar-refractivity contribution is 7.99. The van der Waals surface area contributed by atoms with Gasteiger partial charge in [0.1, 0.15) is 6.04 Å². The van der Waals surface area contributed by atoms with Crippen molar-refractivity contribution in [3.05, 3.63) is 0 Å². The Bertz CT molecular complexity index is 425. The molecule has 1 saturated heterocycles.